The molecule has 7 nitrogen and oxygen atoms in total. The van der Waals surface area contributed by atoms with E-state index in [0.717, 1.165) is 31.2 Å². The van der Waals surface area contributed by atoms with E-state index in [2.05, 4.69) is 15.4 Å². The monoisotopic (exact) mass is 325 g/mol. The Bertz CT molecular complexity index is 959. The summed E-state index contributed by atoms with van der Waals surface area (Å²) in [6.07, 6.45) is 6.16. The molecular formula is C17H19N5O2. The van der Waals surface area contributed by atoms with Gasteiger partial charge in [0.2, 0.25) is 0 Å². The highest BCUT2D eigenvalue weighted by Crippen LogP contribution is 2.30. The van der Waals surface area contributed by atoms with Gasteiger partial charge < -0.3 is 10.3 Å². The first-order valence-corrected chi connectivity index (χ1v) is 8.17. The molecule has 0 spiro atoms. The molecule has 1 aromatic carbocycles. The number of anilines is 1. The van der Waals surface area contributed by atoms with Crippen LogP contribution in [0.2, 0.25) is 0 Å². The van der Waals surface area contributed by atoms with E-state index in [9.17, 15) is 9.59 Å². The lowest BCUT2D eigenvalue weighted by Crippen LogP contribution is -2.20. The second-order valence-corrected chi connectivity index (χ2v) is 6.30. The summed E-state index contributed by atoms with van der Waals surface area (Å²) in [6.45, 7) is 0. The van der Waals surface area contributed by atoms with E-state index in [1.165, 1.54) is 0 Å². The number of aromatic nitrogens is 4. The Kier molecular flexibility index (Phi) is 3.48. The number of rotatable bonds is 3. The highest BCUT2D eigenvalue weighted by Gasteiger charge is 2.21. The molecule has 0 saturated heterocycles. The van der Waals surface area contributed by atoms with E-state index in [-0.39, 0.29) is 17.6 Å². The molecule has 1 saturated carbocycles. The SMILES string of the molecule is Cn1ccc(NC(=O)c2ccc3c(c2)[nH]c(=O)n3C2CCCC2)n1. The van der Waals surface area contributed by atoms with Gasteiger partial charge in [0.25, 0.3) is 5.91 Å². The number of benzene rings is 1. The van der Waals surface area contributed by atoms with Gasteiger partial charge in [-0.3, -0.25) is 14.0 Å². The first-order chi connectivity index (χ1) is 11.6. The van der Waals surface area contributed by atoms with Crippen LogP contribution in [0.3, 0.4) is 0 Å². The predicted octanol–water partition coefficient (Wildman–Crippen LogP) is 2.43. The molecule has 4 rings (SSSR count). The third-order valence-corrected chi connectivity index (χ3v) is 4.62. The molecule has 1 aliphatic carbocycles. The zero-order chi connectivity index (χ0) is 16.7. The number of H-pyrrole nitrogens is 1. The largest absolute Gasteiger partial charge is 0.326 e. The van der Waals surface area contributed by atoms with E-state index in [1.807, 2.05) is 10.6 Å². The number of amides is 1. The van der Waals surface area contributed by atoms with E-state index in [4.69, 9.17) is 0 Å². The Morgan fingerprint density at radius 3 is 2.79 bits per heavy atom. The maximum atomic E-state index is 12.4. The number of hydrogen-bond donors (Lipinski definition) is 2. The van der Waals surface area contributed by atoms with Crippen LogP contribution < -0.4 is 11.0 Å². The summed E-state index contributed by atoms with van der Waals surface area (Å²) in [5.74, 6) is 0.254. The van der Waals surface area contributed by atoms with Crippen molar-refractivity contribution < 1.29 is 4.79 Å². The van der Waals surface area contributed by atoms with Crippen LogP contribution in [-0.4, -0.2) is 25.2 Å². The molecule has 0 radical (unpaired) electrons. The number of nitrogens with one attached hydrogen (secondary N) is 2. The highest BCUT2D eigenvalue weighted by atomic mass is 16.2. The van der Waals surface area contributed by atoms with Crippen LogP contribution in [0.5, 0.6) is 0 Å². The van der Waals surface area contributed by atoms with Crippen molar-refractivity contribution in [2.75, 3.05) is 5.32 Å². The van der Waals surface area contributed by atoms with E-state index in [1.54, 1.807) is 36.1 Å². The third kappa shape index (κ3) is 2.51. The van der Waals surface area contributed by atoms with Crippen LogP contribution in [0.1, 0.15) is 42.1 Å². The van der Waals surface area contributed by atoms with Crippen LogP contribution in [0.25, 0.3) is 11.0 Å². The van der Waals surface area contributed by atoms with Gasteiger partial charge >= 0.3 is 5.69 Å². The summed E-state index contributed by atoms with van der Waals surface area (Å²) >= 11 is 0. The molecule has 124 valence electrons. The molecule has 0 aliphatic heterocycles. The third-order valence-electron chi connectivity index (χ3n) is 4.62. The van der Waals surface area contributed by atoms with Crippen LogP contribution in [0, 0.1) is 0 Å². The second-order valence-electron chi connectivity index (χ2n) is 6.30. The minimum Gasteiger partial charge on any atom is -0.306 e. The van der Waals surface area contributed by atoms with E-state index in [0.29, 0.717) is 16.9 Å². The molecule has 1 fully saturated rings. The number of carbonyl (C=O) groups excluding carboxylic acids is 1. The first-order valence-electron chi connectivity index (χ1n) is 8.17. The van der Waals surface area contributed by atoms with Gasteiger partial charge in [0, 0.05) is 30.9 Å². The zero-order valence-corrected chi connectivity index (χ0v) is 13.5. The van der Waals surface area contributed by atoms with Crippen molar-refractivity contribution in [2.24, 2.45) is 7.05 Å². The summed E-state index contributed by atoms with van der Waals surface area (Å²) < 4.78 is 3.46. The van der Waals surface area contributed by atoms with Gasteiger partial charge in [0.05, 0.1) is 11.0 Å². The average Bonchev–Trinajstić information content (AvgIpc) is 3.26. The number of fused-ring (bicyclic) bond motifs is 1. The van der Waals surface area contributed by atoms with Crippen molar-refractivity contribution in [3.63, 3.8) is 0 Å². The summed E-state index contributed by atoms with van der Waals surface area (Å²) in [5.41, 5.74) is 1.95. The molecule has 7 heteroatoms. The number of aryl methyl sites for hydroxylation is 1. The lowest BCUT2D eigenvalue weighted by molar-refractivity contribution is 0.102. The van der Waals surface area contributed by atoms with Crippen LogP contribution in [0.4, 0.5) is 5.82 Å². The van der Waals surface area contributed by atoms with Crippen molar-refractivity contribution in [3.8, 4) is 0 Å². The molecule has 1 aliphatic rings. The second kappa shape index (κ2) is 5.67. The Morgan fingerprint density at radius 1 is 1.29 bits per heavy atom. The van der Waals surface area contributed by atoms with Crippen molar-refractivity contribution in [1.29, 1.82) is 0 Å². The maximum Gasteiger partial charge on any atom is 0.326 e. The summed E-state index contributed by atoms with van der Waals surface area (Å²) in [6, 6.07) is 7.31. The molecule has 2 aromatic heterocycles. The van der Waals surface area contributed by atoms with Gasteiger partial charge in [-0.15, -0.1) is 0 Å². The Balaban J connectivity index is 1.66. The quantitative estimate of drug-likeness (QED) is 0.775. The maximum absolute atomic E-state index is 12.4. The number of aromatic amines is 1. The lowest BCUT2D eigenvalue weighted by Gasteiger charge is -2.11. The van der Waals surface area contributed by atoms with Gasteiger partial charge in [-0.2, -0.15) is 5.10 Å². The van der Waals surface area contributed by atoms with Gasteiger partial charge in [0.1, 0.15) is 0 Å². The molecule has 3 aromatic rings. The Labute approximate surface area is 138 Å². The van der Waals surface area contributed by atoms with E-state index < -0.39 is 0 Å². The number of carbonyl (C=O) groups is 1. The lowest BCUT2D eigenvalue weighted by atomic mass is 10.1. The molecule has 0 bridgehead atoms. The van der Waals surface area contributed by atoms with Gasteiger partial charge in [-0.1, -0.05) is 12.8 Å². The molecule has 1 amide bonds. The number of nitrogens with zero attached hydrogens (tertiary/aromatic N) is 3. The van der Waals surface area contributed by atoms with Crippen LogP contribution in [-0.2, 0) is 7.05 Å². The fourth-order valence-corrected chi connectivity index (χ4v) is 3.47. The summed E-state index contributed by atoms with van der Waals surface area (Å²) in [5, 5.41) is 6.88. The summed E-state index contributed by atoms with van der Waals surface area (Å²) in [4.78, 5) is 27.5. The Hall–Kier alpha value is -2.83. The Morgan fingerprint density at radius 2 is 2.08 bits per heavy atom. The van der Waals surface area contributed by atoms with Crippen molar-refractivity contribution in [2.45, 2.75) is 31.7 Å². The standard InChI is InChI=1S/C17H19N5O2/c1-21-9-8-15(20-21)19-16(23)11-6-7-14-13(10-11)18-17(24)22(14)12-4-2-3-5-12/h6-10,12H,2-5H2,1H3,(H,18,24)(H,19,20,23). The first kappa shape index (κ1) is 14.7. The number of imidazole rings is 1. The van der Waals surface area contributed by atoms with Gasteiger partial charge in [0.15, 0.2) is 5.82 Å². The van der Waals surface area contributed by atoms with Gasteiger partial charge in [-0.25, -0.2) is 4.79 Å². The van der Waals surface area contributed by atoms with E-state index >= 15 is 0 Å². The molecule has 2 heterocycles. The van der Waals surface area contributed by atoms with Crippen LogP contribution in [0.15, 0.2) is 35.3 Å². The topological polar surface area (TPSA) is 84.7 Å². The zero-order valence-electron chi connectivity index (χ0n) is 13.5. The minimum atomic E-state index is -0.245. The van der Waals surface area contributed by atoms with Crippen molar-refractivity contribution in [1.82, 2.24) is 19.3 Å². The molecular weight excluding hydrogens is 306 g/mol. The fraction of sp³-hybridized carbons (Fsp3) is 0.353. The van der Waals surface area contributed by atoms with Gasteiger partial charge in [-0.05, 0) is 31.0 Å². The highest BCUT2D eigenvalue weighted by molar-refractivity contribution is 6.05. The fourth-order valence-electron chi connectivity index (χ4n) is 3.47. The average molecular weight is 325 g/mol. The number of hydrogen-bond acceptors (Lipinski definition) is 3. The molecule has 0 atom stereocenters. The molecule has 24 heavy (non-hydrogen) atoms. The van der Waals surface area contributed by atoms with Crippen LogP contribution >= 0.6 is 0 Å². The van der Waals surface area contributed by atoms with Crippen molar-refractivity contribution >= 4 is 22.8 Å². The summed E-state index contributed by atoms with van der Waals surface area (Å²) in [7, 11) is 1.79. The van der Waals surface area contributed by atoms with Crippen molar-refractivity contribution in [3.05, 3.63) is 46.5 Å². The normalized spacial score (nSPS) is 15.2. The minimum absolute atomic E-state index is 0.0980. The molecule has 2 N–H and O–H groups in total. The predicted molar refractivity (Wildman–Crippen MR) is 91.2 cm³/mol. The smallest absolute Gasteiger partial charge is 0.306 e. The molecule has 0 unspecified atom stereocenters.